The lowest BCUT2D eigenvalue weighted by atomic mass is 10.0. The second-order valence-corrected chi connectivity index (χ2v) is 2.26. The van der Waals surface area contributed by atoms with Crippen molar-refractivity contribution in [3.8, 4) is 0 Å². The highest BCUT2D eigenvalue weighted by molar-refractivity contribution is 5.54. The molecule has 0 fully saturated rings. The van der Waals surface area contributed by atoms with Crippen LogP contribution in [0.4, 0.5) is 0 Å². The standard InChI is InChI=1S/C7H13O2/c1-3-4-7(9)6(2)5-8/h6-7,9H,3-4H2,1-2H3. The molecule has 0 rings (SSSR count). The summed E-state index contributed by atoms with van der Waals surface area (Å²) in [5.41, 5.74) is 0. The summed E-state index contributed by atoms with van der Waals surface area (Å²) >= 11 is 0. The molecule has 0 saturated carbocycles. The topological polar surface area (TPSA) is 37.3 Å². The summed E-state index contributed by atoms with van der Waals surface area (Å²) in [6, 6.07) is 0. The van der Waals surface area contributed by atoms with Gasteiger partial charge in [-0.2, -0.15) is 0 Å². The van der Waals surface area contributed by atoms with Crippen LogP contribution in [-0.4, -0.2) is 17.5 Å². The van der Waals surface area contributed by atoms with Gasteiger partial charge in [-0.05, 0) is 6.42 Å². The van der Waals surface area contributed by atoms with Gasteiger partial charge in [0.15, 0.2) is 0 Å². The number of hydrogen-bond donors (Lipinski definition) is 1. The molecule has 0 heterocycles. The zero-order chi connectivity index (χ0) is 7.28. The third-order valence-corrected chi connectivity index (χ3v) is 1.35. The van der Waals surface area contributed by atoms with Crippen LogP contribution in [0.1, 0.15) is 26.7 Å². The van der Waals surface area contributed by atoms with E-state index in [2.05, 4.69) is 0 Å². The molecule has 1 N–H and O–H groups in total. The summed E-state index contributed by atoms with van der Waals surface area (Å²) in [6.07, 6.45) is 2.86. The van der Waals surface area contributed by atoms with Crippen molar-refractivity contribution >= 4 is 6.29 Å². The molecule has 0 bridgehead atoms. The van der Waals surface area contributed by atoms with Crippen molar-refractivity contribution in [2.24, 2.45) is 5.92 Å². The van der Waals surface area contributed by atoms with E-state index in [0.717, 1.165) is 6.42 Å². The lowest BCUT2D eigenvalue weighted by Crippen LogP contribution is -2.17. The number of hydrogen-bond acceptors (Lipinski definition) is 2. The van der Waals surface area contributed by atoms with Crippen LogP contribution in [0, 0.1) is 5.92 Å². The van der Waals surface area contributed by atoms with E-state index < -0.39 is 6.10 Å². The van der Waals surface area contributed by atoms with E-state index in [1.54, 1.807) is 13.2 Å². The van der Waals surface area contributed by atoms with Gasteiger partial charge in [0, 0.05) is 5.92 Å². The van der Waals surface area contributed by atoms with Crippen LogP contribution in [0.5, 0.6) is 0 Å². The summed E-state index contributed by atoms with van der Waals surface area (Å²) in [7, 11) is 0. The lowest BCUT2D eigenvalue weighted by molar-refractivity contribution is 0.133. The molecule has 2 nitrogen and oxygen atoms in total. The Morgan fingerprint density at radius 3 is 2.56 bits per heavy atom. The summed E-state index contributed by atoms with van der Waals surface area (Å²) in [5.74, 6) is -0.329. The quantitative estimate of drug-likeness (QED) is 0.612. The van der Waals surface area contributed by atoms with Gasteiger partial charge in [0.1, 0.15) is 0 Å². The second-order valence-electron chi connectivity index (χ2n) is 2.26. The highest BCUT2D eigenvalue weighted by Crippen LogP contribution is 2.05. The average Bonchev–Trinajstić information content (AvgIpc) is 1.87. The minimum atomic E-state index is -0.493. The fourth-order valence-corrected chi connectivity index (χ4v) is 0.624. The van der Waals surface area contributed by atoms with Gasteiger partial charge in [0.2, 0.25) is 6.29 Å². The van der Waals surface area contributed by atoms with Gasteiger partial charge in [-0.25, -0.2) is 0 Å². The molecule has 1 radical (unpaired) electrons. The summed E-state index contributed by atoms with van der Waals surface area (Å²) in [6.45, 7) is 3.65. The number of carbonyl (C=O) groups excluding carboxylic acids is 1. The van der Waals surface area contributed by atoms with E-state index in [4.69, 9.17) is 5.11 Å². The first kappa shape index (κ1) is 8.63. The largest absolute Gasteiger partial charge is 0.392 e. The predicted octanol–water partition coefficient (Wildman–Crippen LogP) is 0.893. The predicted molar refractivity (Wildman–Crippen MR) is 35.8 cm³/mol. The van der Waals surface area contributed by atoms with E-state index in [1.807, 2.05) is 6.92 Å². The summed E-state index contributed by atoms with van der Waals surface area (Å²) in [4.78, 5) is 9.94. The maximum atomic E-state index is 9.94. The molecule has 9 heavy (non-hydrogen) atoms. The molecule has 0 aliphatic heterocycles. The van der Waals surface area contributed by atoms with E-state index in [9.17, 15) is 4.79 Å². The molecule has 2 atom stereocenters. The maximum absolute atomic E-state index is 9.94. The number of aliphatic hydroxyl groups is 1. The molecule has 0 aromatic heterocycles. The van der Waals surface area contributed by atoms with Crippen LogP contribution in [0.15, 0.2) is 0 Å². The SMILES string of the molecule is CCCC(O)C(C)[C]=O. The Bertz CT molecular complexity index is 81.0. The molecule has 0 aromatic rings. The highest BCUT2D eigenvalue weighted by Gasteiger charge is 2.11. The summed E-state index contributed by atoms with van der Waals surface area (Å²) < 4.78 is 0. The molecular weight excluding hydrogens is 116 g/mol. The lowest BCUT2D eigenvalue weighted by Gasteiger charge is -2.09. The van der Waals surface area contributed by atoms with Gasteiger partial charge in [-0.15, -0.1) is 0 Å². The van der Waals surface area contributed by atoms with Crippen LogP contribution >= 0.6 is 0 Å². The van der Waals surface area contributed by atoms with E-state index in [-0.39, 0.29) is 5.92 Å². The van der Waals surface area contributed by atoms with Crippen LogP contribution in [0.2, 0.25) is 0 Å². The fourth-order valence-electron chi connectivity index (χ4n) is 0.624. The van der Waals surface area contributed by atoms with Gasteiger partial charge in [0.05, 0.1) is 6.10 Å². The second kappa shape index (κ2) is 4.50. The Kier molecular flexibility index (Phi) is 4.32. The summed E-state index contributed by atoms with van der Waals surface area (Å²) in [5, 5.41) is 9.06. The molecule has 0 aliphatic rings. The van der Waals surface area contributed by atoms with Gasteiger partial charge < -0.3 is 5.11 Å². The molecule has 0 aliphatic carbocycles. The Morgan fingerprint density at radius 1 is 1.67 bits per heavy atom. The number of rotatable bonds is 4. The normalized spacial score (nSPS) is 16.8. The highest BCUT2D eigenvalue weighted by atomic mass is 16.3. The van der Waals surface area contributed by atoms with Crippen molar-refractivity contribution in [1.82, 2.24) is 0 Å². The van der Waals surface area contributed by atoms with Crippen molar-refractivity contribution in [1.29, 1.82) is 0 Å². The van der Waals surface area contributed by atoms with E-state index in [0.29, 0.717) is 6.42 Å². The van der Waals surface area contributed by atoms with Crippen molar-refractivity contribution in [3.63, 3.8) is 0 Å². The molecule has 0 spiro atoms. The van der Waals surface area contributed by atoms with Gasteiger partial charge in [0.25, 0.3) is 0 Å². The van der Waals surface area contributed by atoms with Crippen molar-refractivity contribution in [2.45, 2.75) is 32.8 Å². The van der Waals surface area contributed by atoms with Gasteiger partial charge >= 0.3 is 0 Å². The molecule has 53 valence electrons. The average molecular weight is 129 g/mol. The smallest absolute Gasteiger partial charge is 0.204 e. The van der Waals surface area contributed by atoms with Gasteiger partial charge in [-0.1, -0.05) is 20.3 Å². The minimum absolute atomic E-state index is 0.329. The first-order valence-corrected chi connectivity index (χ1v) is 3.28. The van der Waals surface area contributed by atoms with Crippen LogP contribution in [-0.2, 0) is 4.79 Å². The maximum Gasteiger partial charge on any atom is 0.204 e. The zero-order valence-corrected chi connectivity index (χ0v) is 5.92. The van der Waals surface area contributed by atoms with Crippen LogP contribution < -0.4 is 0 Å². The Balaban J connectivity index is 3.44. The number of aliphatic hydroxyl groups excluding tert-OH is 1. The van der Waals surface area contributed by atoms with E-state index in [1.165, 1.54) is 0 Å². The zero-order valence-electron chi connectivity index (χ0n) is 5.92. The van der Waals surface area contributed by atoms with E-state index >= 15 is 0 Å². The molecular formula is C7H13O2. The molecule has 2 unspecified atom stereocenters. The first-order chi connectivity index (χ1) is 4.22. The first-order valence-electron chi connectivity index (χ1n) is 3.28. The molecule has 0 aromatic carbocycles. The van der Waals surface area contributed by atoms with Crippen LogP contribution in [0.3, 0.4) is 0 Å². The van der Waals surface area contributed by atoms with Gasteiger partial charge in [-0.3, -0.25) is 4.79 Å². The third-order valence-electron chi connectivity index (χ3n) is 1.35. The fraction of sp³-hybridized carbons (Fsp3) is 0.857. The monoisotopic (exact) mass is 129 g/mol. The molecule has 2 heteroatoms. The Hall–Kier alpha value is -0.370. The van der Waals surface area contributed by atoms with Crippen molar-refractivity contribution in [3.05, 3.63) is 0 Å². The Labute approximate surface area is 55.9 Å². The van der Waals surface area contributed by atoms with Crippen LogP contribution in [0.25, 0.3) is 0 Å². The Morgan fingerprint density at radius 2 is 2.22 bits per heavy atom. The third kappa shape index (κ3) is 3.25. The van der Waals surface area contributed by atoms with Crippen molar-refractivity contribution < 1.29 is 9.90 Å². The molecule has 0 saturated heterocycles. The minimum Gasteiger partial charge on any atom is -0.392 e. The molecule has 0 amide bonds. The van der Waals surface area contributed by atoms with Crippen molar-refractivity contribution in [2.75, 3.05) is 0 Å².